The number of para-hydroxylation sites is 1. The minimum Gasteiger partial charge on any atom is -0.496 e. The third-order valence-corrected chi connectivity index (χ3v) is 1.76. The van der Waals surface area contributed by atoms with Crippen LogP contribution in [0.15, 0.2) is 24.3 Å². The molecule has 0 fully saturated rings. The molecule has 0 bridgehead atoms. The lowest BCUT2D eigenvalue weighted by molar-refractivity contribution is 0.240. The largest absolute Gasteiger partial charge is 0.496 e. The van der Waals surface area contributed by atoms with Gasteiger partial charge >= 0.3 is 6.03 Å². The fourth-order valence-electron chi connectivity index (χ4n) is 1.08. The predicted molar refractivity (Wildman–Crippen MR) is 52.6 cm³/mol. The fourth-order valence-corrected chi connectivity index (χ4v) is 1.08. The number of urea groups is 1. The van der Waals surface area contributed by atoms with Crippen LogP contribution in [0, 0.1) is 0 Å². The number of nitrogens with two attached hydrogens (primary N) is 1. The van der Waals surface area contributed by atoms with Gasteiger partial charge in [0.15, 0.2) is 0 Å². The molecule has 0 atom stereocenters. The third-order valence-electron chi connectivity index (χ3n) is 1.76. The average molecular weight is 195 g/mol. The van der Waals surface area contributed by atoms with Crippen LogP contribution in [0.1, 0.15) is 5.56 Å². The Morgan fingerprint density at radius 2 is 2.21 bits per heavy atom. The lowest BCUT2D eigenvalue weighted by atomic mass is 10.2. The number of carbonyl (C=O) groups excluding carboxylic acids is 1. The van der Waals surface area contributed by atoms with Crippen molar-refractivity contribution in [2.24, 2.45) is 5.84 Å². The molecule has 0 saturated heterocycles. The van der Waals surface area contributed by atoms with E-state index in [1.54, 1.807) is 7.11 Å². The molecular weight excluding hydrogens is 182 g/mol. The number of hydrogen-bond donors (Lipinski definition) is 3. The fraction of sp³-hybridized carbons (Fsp3) is 0.222. The van der Waals surface area contributed by atoms with Crippen LogP contribution in [0.4, 0.5) is 4.79 Å². The molecule has 0 aromatic heterocycles. The van der Waals surface area contributed by atoms with Crippen molar-refractivity contribution >= 4 is 6.03 Å². The maximum atomic E-state index is 10.8. The minimum atomic E-state index is -0.420. The van der Waals surface area contributed by atoms with E-state index in [4.69, 9.17) is 10.6 Å². The molecule has 0 heterocycles. The number of methoxy groups -OCH3 is 1. The Bertz CT molecular complexity index is 315. The lowest BCUT2D eigenvalue weighted by Crippen LogP contribution is -2.39. The van der Waals surface area contributed by atoms with Crippen LogP contribution in [0.3, 0.4) is 0 Å². The van der Waals surface area contributed by atoms with Gasteiger partial charge in [-0.1, -0.05) is 18.2 Å². The van der Waals surface area contributed by atoms with Crippen LogP contribution >= 0.6 is 0 Å². The SMILES string of the molecule is COc1ccccc1CNC(=O)NN. The first-order chi connectivity index (χ1) is 6.77. The zero-order valence-corrected chi connectivity index (χ0v) is 7.91. The summed E-state index contributed by atoms with van der Waals surface area (Å²) in [5.41, 5.74) is 2.88. The van der Waals surface area contributed by atoms with E-state index in [0.29, 0.717) is 6.54 Å². The van der Waals surface area contributed by atoms with Crippen LogP contribution in [-0.4, -0.2) is 13.1 Å². The maximum absolute atomic E-state index is 10.8. The van der Waals surface area contributed by atoms with Gasteiger partial charge in [0.2, 0.25) is 0 Å². The average Bonchev–Trinajstić information content (AvgIpc) is 2.26. The van der Waals surface area contributed by atoms with Crippen LogP contribution < -0.4 is 21.3 Å². The minimum absolute atomic E-state index is 0.382. The van der Waals surface area contributed by atoms with E-state index in [-0.39, 0.29) is 0 Å². The molecule has 14 heavy (non-hydrogen) atoms. The summed E-state index contributed by atoms with van der Waals surface area (Å²) in [5.74, 6) is 5.65. The molecule has 5 nitrogen and oxygen atoms in total. The van der Waals surface area contributed by atoms with Crippen molar-refractivity contribution in [3.8, 4) is 5.75 Å². The molecule has 2 amide bonds. The van der Waals surface area contributed by atoms with E-state index in [9.17, 15) is 4.79 Å². The molecule has 0 spiro atoms. The summed E-state index contributed by atoms with van der Waals surface area (Å²) in [6.07, 6.45) is 0. The molecule has 1 aromatic carbocycles. The number of amides is 2. The van der Waals surface area contributed by atoms with Gasteiger partial charge in [-0.3, -0.25) is 5.43 Å². The Morgan fingerprint density at radius 3 is 2.86 bits per heavy atom. The molecule has 0 radical (unpaired) electrons. The first-order valence-electron chi connectivity index (χ1n) is 4.14. The van der Waals surface area contributed by atoms with E-state index >= 15 is 0 Å². The quantitative estimate of drug-likeness (QED) is 0.370. The van der Waals surface area contributed by atoms with Gasteiger partial charge in [0.1, 0.15) is 5.75 Å². The normalized spacial score (nSPS) is 9.29. The van der Waals surface area contributed by atoms with Crippen LogP contribution in [0.2, 0.25) is 0 Å². The van der Waals surface area contributed by atoms with Crippen LogP contribution in [-0.2, 0) is 6.54 Å². The molecule has 1 aromatic rings. The van der Waals surface area contributed by atoms with Crippen LogP contribution in [0.25, 0.3) is 0 Å². The van der Waals surface area contributed by atoms with Gasteiger partial charge < -0.3 is 10.1 Å². The number of ether oxygens (including phenoxy) is 1. The predicted octanol–water partition coefficient (Wildman–Crippen LogP) is 0.368. The lowest BCUT2D eigenvalue weighted by Gasteiger charge is -2.08. The highest BCUT2D eigenvalue weighted by molar-refractivity contribution is 5.73. The van der Waals surface area contributed by atoms with E-state index in [2.05, 4.69) is 5.32 Å². The summed E-state index contributed by atoms with van der Waals surface area (Å²) in [6.45, 7) is 0.382. The Labute approximate surface area is 82.2 Å². The van der Waals surface area contributed by atoms with Crippen molar-refractivity contribution < 1.29 is 9.53 Å². The van der Waals surface area contributed by atoms with Crippen molar-refractivity contribution in [1.29, 1.82) is 0 Å². The van der Waals surface area contributed by atoms with Crippen molar-refractivity contribution in [2.75, 3.05) is 7.11 Å². The van der Waals surface area contributed by atoms with Gasteiger partial charge in [0.05, 0.1) is 7.11 Å². The zero-order valence-electron chi connectivity index (χ0n) is 7.91. The molecule has 5 heteroatoms. The molecule has 4 N–H and O–H groups in total. The first-order valence-corrected chi connectivity index (χ1v) is 4.14. The highest BCUT2D eigenvalue weighted by Gasteiger charge is 2.02. The second kappa shape index (κ2) is 5.08. The van der Waals surface area contributed by atoms with Crippen molar-refractivity contribution in [3.05, 3.63) is 29.8 Å². The number of carbonyl (C=O) groups is 1. The topological polar surface area (TPSA) is 76.4 Å². The maximum Gasteiger partial charge on any atom is 0.329 e. The summed E-state index contributed by atoms with van der Waals surface area (Å²) in [6, 6.07) is 7.02. The third kappa shape index (κ3) is 2.63. The Hall–Kier alpha value is -1.75. The molecule has 0 aliphatic heterocycles. The summed E-state index contributed by atoms with van der Waals surface area (Å²) >= 11 is 0. The summed E-state index contributed by atoms with van der Waals surface area (Å²) in [5, 5.41) is 2.57. The number of nitrogens with one attached hydrogen (secondary N) is 2. The van der Waals surface area contributed by atoms with Crippen molar-refractivity contribution in [2.45, 2.75) is 6.54 Å². The van der Waals surface area contributed by atoms with E-state index in [1.165, 1.54) is 0 Å². The Balaban J connectivity index is 2.61. The van der Waals surface area contributed by atoms with E-state index in [0.717, 1.165) is 11.3 Å². The number of hydrogen-bond acceptors (Lipinski definition) is 3. The molecular formula is C9H13N3O2. The highest BCUT2D eigenvalue weighted by atomic mass is 16.5. The van der Waals surface area contributed by atoms with Crippen molar-refractivity contribution in [1.82, 2.24) is 10.7 Å². The molecule has 0 aliphatic rings. The number of hydrazine groups is 1. The van der Waals surface area contributed by atoms with Gasteiger partial charge in [-0.05, 0) is 6.07 Å². The second-order valence-corrected chi connectivity index (χ2v) is 2.64. The zero-order chi connectivity index (χ0) is 10.4. The molecule has 0 aliphatic carbocycles. The smallest absolute Gasteiger partial charge is 0.329 e. The summed E-state index contributed by atoms with van der Waals surface area (Å²) < 4.78 is 5.11. The standard InChI is InChI=1S/C9H13N3O2/c1-14-8-5-3-2-4-7(8)6-11-9(13)12-10/h2-5H,6,10H2,1H3,(H2,11,12,13). The van der Waals surface area contributed by atoms with Gasteiger partial charge in [0, 0.05) is 12.1 Å². The Morgan fingerprint density at radius 1 is 1.50 bits per heavy atom. The summed E-state index contributed by atoms with van der Waals surface area (Å²) in [7, 11) is 1.59. The first kappa shape index (κ1) is 10.3. The molecule has 0 saturated carbocycles. The van der Waals surface area contributed by atoms with Gasteiger partial charge in [-0.2, -0.15) is 0 Å². The number of rotatable bonds is 3. The van der Waals surface area contributed by atoms with Crippen LogP contribution in [0.5, 0.6) is 5.75 Å². The molecule has 1 rings (SSSR count). The van der Waals surface area contributed by atoms with Gasteiger partial charge in [0.25, 0.3) is 0 Å². The monoisotopic (exact) mass is 195 g/mol. The van der Waals surface area contributed by atoms with E-state index < -0.39 is 6.03 Å². The van der Waals surface area contributed by atoms with Crippen molar-refractivity contribution in [3.63, 3.8) is 0 Å². The molecule has 76 valence electrons. The molecule has 0 unspecified atom stereocenters. The van der Waals surface area contributed by atoms with Gasteiger partial charge in [-0.25, -0.2) is 10.6 Å². The highest BCUT2D eigenvalue weighted by Crippen LogP contribution is 2.16. The Kier molecular flexibility index (Phi) is 3.75. The van der Waals surface area contributed by atoms with Gasteiger partial charge in [-0.15, -0.1) is 0 Å². The second-order valence-electron chi connectivity index (χ2n) is 2.64. The number of benzene rings is 1. The van der Waals surface area contributed by atoms with E-state index in [1.807, 2.05) is 29.7 Å². The summed E-state index contributed by atoms with van der Waals surface area (Å²) in [4.78, 5) is 10.8.